The number of amides is 1. The molecule has 0 radical (unpaired) electrons. The summed E-state index contributed by atoms with van der Waals surface area (Å²) in [4.78, 5) is 16.4. The van der Waals surface area contributed by atoms with E-state index in [-0.39, 0.29) is 11.3 Å². The Balaban J connectivity index is 1.51. The van der Waals surface area contributed by atoms with Gasteiger partial charge >= 0.3 is 0 Å². The van der Waals surface area contributed by atoms with Crippen LogP contribution in [-0.2, 0) is 17.1 Å². The number of ether oxygens (including phenoxy) is 1. The molecule has 0 N–H and O–H groups in total. The normalized spacial score (nSPS) is 17.1. The lowest BCUT2D eigenvalue weighted by atomic mass is 10.2. The van der Waals surface area contributed by atoms with Gasteiger partial charge in [-0.15, -0.1) is 11.8 Å². The number of hydrogen-bond donors (Lipinski definition) is 0. The summed E-state index contributed by atoms with van der Waals surface area (Å²) in [5.74, 6) is 5.26. The van der Waals surface area contributed by atoms with Gasteiger partial charge in [0, 0.05) is 12.3 Å². The number of benzene rings is 1. The van der Waals surface area contributed by atoms with E-state index in [0.29, 0.717) is 5.75 Å². The van der Waals surface area contributed by atoms with Gasteiger partial charge in [0.2, 0.25) is 5.91 Å². The fourth-order valence-electron chi connectivity index (χ4n) is 3.00. The molecule has 1 atom stereocenters. The Morgan fingerprint density at radius 2 is 2.11 bits per heavy atom. The molecule has 2 heterocycles. The third kappa shape index (κ3) is 5.46. The quantitative estimate of drug-likeness (QED) is 0.590. The Hall–Kier alpha value is -1.57. The summed E-state index contributed by atoms with van der Waals surface area (Å²) in [7, 11) is 5.72. The third-order valence-corrected chi connectivity index (χ3v) is 6.47. The van der Waals surface area contributed by atoms with Crippen molar-refractivity contribution < 1.29 is 13.9 Å². The summed E-state index contributed by atoms with van der Waals surface area (Å²) < 4.78 is 11.2. The van der Waals surface area contributed by atoms with Gasteiger partial charge in [-0.25, -0.2) is 0 Å². The second-order valence-electron chi connectivity index (χ2n) is 6.69. The zero-order chi connectivity index (χ0) is 19.2. The minimum atomic E-state index is 0.0727. The molecule has 0 saturated carbocycles. The lowest BCUT2D eigenvalue weighted by Crippen LogP contribution is -2.30. The number of thioether (sulfide) groups is 2. The molecule has 1 unspecified atom stereocenters. The summed E-state index contributed by atoms with van der Waals surface area (Å²) in [6, 6.07) is 12.1. The molecule has 1 amide bonds. The summed E-state index contributed by atoms with van der Waals surface area (Å²) >= 11 is 3.48. The lowest BCUT2D eigenvalue weighted by molar-refractivity contribution is -0.127. The van der Waals surface area contributed by atoms with Crippen LogP contribution < -0.4 is 4.74 Å². The average Bonchev–Trinajstić information content (AvgIpc) is 3.25. The van der Waals surface area contributed by atoms with Gasteiger partial charge in [0.15, 0.2) is 0 Å². The maximum atomic E-state index is 12.3. The van der Waals surface area contributed by atoms with E-state index in [9.17, 15) is 4.79 Å². The van der Waals surface area contributed by atoms with Crippen molar-refractivity contribution in [3.05, 3.63) is 53.5 Å². The van der Waals surface area contributed by atoms with Crippen molar-refractivity contribution in [2.75, 3.05) is 39.3 Å². The molecule has 2 aromatic rings. The molecule has 1 saturated heterocycles. The molecule has 1 aromatic heterocycles. The van der Waals surface area contributed by atoms with E-state index in [0.717, 1.165) is 47.4 Å². The minimum Gasteiger partial charge on any atom is -0.497 e. The molecule has 0 bridgehead atoms. The van der Waals surface area contributed by atoms with Gasteiger partial charge in [0.25, 0.3) is 0 Å². The fourth-order valence-corrected chi connectivity index (χ4v) is 5.03. The van der Waals surface area contributed by atoms with Crippen LogP contribution in [0.5, 0.6) is 5.75 Å². The van der Waals surface area contributed by atoms with Gasteiger partial charge in [-0.05, 0) is 43.9 Å². The Labute approximate surface area is 169 Å². The van der Waals surface area contributed by atoms with Crippen molar-refractivity contribution in [1.29, 1.82) is 0 Å². The highest BCUT2D eigenvalue weighted by atomic mass is 32.2. The van der Waals surface area contributed by atoms with E-state index in [1.54, 1.807) is 30.6 Å². The standard InChI is InChI=1S/C20H26N2O3S2/c1-21(2)12-17-7-8-18(25-17)13-26-10-9-22-19(23)14-27-20(22)15-5-4-6-16(11-15)24-3/h4-8,11,20H,9-10,12-14H2,1-3H3. The SMILES string of the molecule is COc1cccc(C2SCC(=O)N2CCSCc2ccc(CN(C)C)o2)c1. The Bertz CT molecular complexity index is 763. The van der Waals surface area contributed by atoms with Crippen molar-refractivity contribution in [1.82, 2.24) is 9.80 Å². The average molecular weight is 407 g/mol. The summed E-state index contributed by atoms with van der Waals surface area (Å²) in [5, 5.41) is 0.0727. The van der Waals surface area contributed by atoms with E-state index in [4.69, 9.17) is 9.15 Å². The highest BCUT2D eigenvalue weighted by Crippen LogP contribution is 2.39. The highest BCUT2D eigenvalue weighted by molar-refractivity contribution is 8.00. The number of rotatable bonds is 9. The van der Waals surface area contributed by atoms with E-state index >= 15 is 0 Å². The first-order valence-electron chi connectivity index (χ1n) is 8.92. The van der Waals surface area contributed by atoms with Crippen LogP contribution in [0, 0.1) is 0 Å². The smallest absolute Gasteiger partial charge is 0.233 e. The summed E-state index contributed by atoms with van der Waals surface area (Å²) in [6.45, 7) is 1.55. The molecule has 1 fully saturated rings. The van der Waals surface area contributed by atoms with Crippen LogP contribution in [0.2, 0.25) is 0 Å². The van der Waals surface area contributed by atoms with Crippen LogP contribution in [-0.4, -0.2) is 55.0 Å². The zero-order valence-electron chi connectivity index (χ0n) is 16.0. The Morgan fingerprint density at radius 1 is 1.30 bits per heavy atom. The minimum absolute atomic E-state index is 0.0727. The predicted molar refractivity (Wildman–Crippen MR) is 112 cm³/mol. The van der Waals surface area contributed by atoms with Crippen molar-refractivity contribution in [2.24, 2.45) is 0 Å². The van der Waals surface area contributed by atoms with Gasteiger partial charge in [0.05, 0.1) is 25.2 Å². The Morgan fingerprint density at radius 3 is 2.89 bits per heavy atom. The molecule has 1 aliphatic rings. The van der Waals surface area contributed by atoms with Crippen molar-refractivity contribution in [3.63, 3.8) is 0 Å². The molecule has 27 heavy (non-hydrogen) atoms. The molecule has 1 aromatic carbocycles. The topological polar surface area (TPSA) is 45.9 Å². The molecule has 5 nitrogen and oxygen atoms in total. The first-order chi connectivity index (χ1) is 13.1. The first-order valence-corrected chi connectivity index (χ1v) is 11.1. The number of carbonyl (C=O) groups excluding carboxylic acids is 1. The molecular formula is C20H26N2O3S2. The van der Waals surface area contributed by atoms with Gasteiger partial charge in [0.1, 0.15) is 22.6 Å². The van der Waals surface area contributed by atoms with E-state index in [1.807, 2.05) is 49.3 Å². The second-order valence-corrected chi connectivity index (χ2v) is 8.86. The van der Waals surface area contributed by atoms with Crippen LogP contribution in [0.3, 0.4) is 0 Å². The molecule has 3 rings (SSSR count). The maximum Gasteiger partial charge on any atom is 0.233 e. The van der Waals surface area contributed by atoms with E-state index in [1.165, 1.54) is 0 Å². The predicted octanol–water partition coefficient (Wildman–Crippen LogP) is 3.86. The molecular weight excluding hydrogens is 380 g/mol. The lowest BCUT2D eigenvalue weighted by Gasteiger charge is -2.24. The number of carbonyl (C=O) groups is 1. The van der Waals surface area contributed by atoms with E-state index in [2.05, 4.69) is 11.0 Å². The highest BCUT2D eigenvalue weighted by Gasteiger charge is 2.32. The van der Waals surface area contributed by atoms with Gasteiger partial charge in [-0.2, -0.15) is 11.8 Å². The van der Waals surface area contributed by atoms with Crippen LogP contribution in [0.1, 0.15) is 22.5 Å². The van der Waals surface area contributed by atoms with Gasteiger partial charge in [-0.1, -0.05) is 12.1 Å². The monoisotopic (exact) mass is 406 g/mol. The number of methoxy groups -OCH3 is 1. The van der Waals surface area contributed by atoms with Crippen molar-refractivity contribution in [2.45, 2.75) is 17.7 Å². The van der Waals surface area contributed by atoms with Crippen LogP contribution in [0.15, 0.2) is 40.8 Å². The fraction of sp³-hybridized carbons (Fsp3) is 0.450. The number of furan rings is 1. The molecule has 7 heteroatoms. The first kappa shape index (κ1) is 20.2. The number of hydrogen-bond acceptors (Lipinski definition) is 6. The van der Waals surface area contributed by atoms with Crippen LogP contribution in [0.4, 0.5) is 0 Å². The number of nitrogens with zero attached hydrogens (tertiary/aromatic N) is 2. The van der Waals surface area contributed by atoms with Gasteiger partial charge < -0.3 is 19.0 Å². The van der Waals surface area contributed by atoms with Crippen molar-refractivity contribution >= 4 is 29.4 Å². The molecule has 0 aliphatic carbocycles. The van der Waals surface area contributed by atoms with Crippen LogP contribution in [0.25, 0.3) is 0 Å². The summed E-state index contributed by atoms with van der Waals surface area (Å²) in [6.07, 6.45) is 0. The second kappa shape index (κ2) is 9.57. The molecule has 146 valence electrons. The third-order valence-electron chi connectivity index (χ3n) is 4.26. The van der Waals surface area contributed by atoms with Crippen molar-refractivity contribution in [3.8, 4) is 5.75 Å². The molecule has 1 aliphatic heterocycles. The summed E-state index contributed by atoms with van der Waals surface area (Å²) in [5.41, 5.74) is 1.12. The van der Waals surface area contributed by atoms with E-state index < -0.39 is 0 Å². The van der Waals surface area contributed by atoms with Crippen LogP contribution >= 0.6 is 23.5 Å². The zero-order valence-corrected chi connectivity index (χ0v) is 17.6. The largest absolute Gasteiger partial charge is 0.497 e. The maximum absolute atomic E-state index is 12.3. The molecule has 0 spiro atoms. The Kier molecular flexibility index (Phi) is 7.15. The van der Waals surface area contributed by atoms with Gasteiger partial charge in [-0.3, -0.25) is 4.79 Å².